The lowest BCUT2D eigenvalue weighted by Gasteiger charge is -2.34. The lowest BCUT2D eigenvalue weighted by molar-refractivity contribution is -0.171. The van der Waals surface area contributed by atoms with Crippen LogP contribution in [0.15, 0.2) is 0 Å². The van der Waals surface area contributed by atoms with Crippen molar-refractivity contribution in [2.75, 3.05) is 6.54 Å². The summed E-state index contributed by atoms with van der Waals surface area (Å²) in [4.78, 5) is 23.4. The van der Waals surface area contributed by atoms with Gasteiger partial charge in [0, 0.05) is 13.0 Å². The van der Waals surface area contributed by atoms with Gasteiger partial charge in [-0.05, 0) is 31.1 Å². The van der Waals surface area contributed by atoms with Crippen LogP contribution < -0.4 is 5.32 Å². The summed E-state index contributed by atoms with van der Waals surface area (Å²) in [7, 11) is 0. The van der Waals surface area contributed by atoms with E-state index in [9.17, 15) is 14.0 Å². The first-order valence-corrected chi connectivity index (χ1v) is 7.13. The van der Waals surface area contributed by atoms with Crippen LogP contribution in [0.3, 0.4) is 0 Å². The zero-order valence-corrected chi connectivity index (χ0v) is 11.6. The van der Waals surface area contributed by atoms with Crippen LogP contribution in [0.2, 0.25) is 0 Å². The van der Waals surface area contributed by atoms with Gasteiger partial charge in [-0.3, -0.25) is 4.79 Å². The van der Waals surface area contributed by atoms with Gasteiger partial charge in [0.05, 0.1) is 0 Å². The van der Waals surface area contributed by atoms with Crippen molar-refractivity contribution in [3.63, 3.8) is 0 Å². The molecule has 1 saturated heterocycles. The van der Waals surface area contributed by atoms with E-state index in [1.165, 1.54) is 0 Å². The summed E-state index contributed by atoms with van der Waals surface area (Å²) < 4.78 is 19.6. The SMILES string of the molecule is CC(C)[C@H]1CCCC[C@@H]1OC(=O)[C@]1(F)CCNC1=O. The predicted molar refractivity (Wildman–Crippen MR) is 68.1 cm³/mol. The van der Waals surface area contributed by atoms with Crippen molar-refractivity contribution in [1.29, 1.82) is 0 Å². The van der Waals surface area contributed by atoms with Gasteiger partial charge in [0.2, 0.25) is 0 Å². The molecule has 1 aliphatic heterocycles. The lowest BCUT2D eigenvalue weighted by Crippen LogP contribution is -2.46. The van der Waals surface area contributed by atoms with Crippen molar-refractivity contribution in [2.24, 2.45) is 11.8 Å². The Morgan fingerprint density at radius 3 is 2.68 bits per heavy atom. The van der Waals surface area contributed by atoms with Crippen molar-refractivity contribution < 1.29 is 18.7 Å². The van der Waals surface area contributed by atoms with Gasteiger partial charge in [-0.2, -0.15) is 0 Å². The molecule has 19 heavy (non-hydrogen) atoms. The molecule has 0 unspecified atom stereocenters. The quantitative estimate of drug-likeness (QED) is 0.630. The molecule has 3 atom stereocenters. The molecule has 2 rings (SSSR count). The number of amides is 1. The Hall–Kier alpha value is -1.13. The fraction of sp³-hybridized carbons (Fsp3) is 0.857. The summed E-state index contributed by atoms with van der Waals surface area (Å²) >= 11 is 0. The van der Waals surface area contributed by atoms with Gasteiger partial charge < -0.3 is 10.1 Å². The highest BCUT2D eigenvalue weighted by atomic mass is 19.1. The Morgan fingerprint density at radius 2 is 2.11 bits per heavy atom. The Labute approximate surface area is 113 Å². The Bertz CT molecular complexity index is 372. The summed E-state index contributed by atoms with van der Waals surface area (Å²) in [5, 5.41) is 2.35. The van der Waals surface area contributed by atoms with E-state index in [0.29, 0.717) is 5.92 Å². The first kappa shape index (κ1) is 14.3. The van der Waals surface area contributed by atoms with E-state index in [2.05, 4.69) is 19.2 Å². The van der Waals surface area contributed by atoms with Crippen molar-refractivity contribution in [3.8, 4) is 0 Å². The molecule has 4 nitrogen and oxygen atoms in total. The van der Waals surface area contributed by atoms with Gasteiger partial charge in [-0.15, -0.1) is 0 Å². The molecule has 0 aromatic carbocycles. The van der Waals surface area contributed by atoms with Crippen LogP contribution in [-0.4, -0.2) is 30.2 Å². The summed E-state index contributed by atoms with van der Waals surface area (Å²) in [6, 6.07) is 0. The van der Waals surface area contributed by atoms with Gasteiger partial charge in [0.15, 0.2) is 0 Å². The molecule has 1 saturated carbocycles. The normalized spacial score (nSPS) is 35.3. The zero-order chi connectivity index (χ0) is 14.0. The highest BCUT2D eigenvalue weighted by molar-refractivity contribution is 6.07. The first-order valence-electron chi connectivity index (χ1n) is 7.13. The van der Waals surface area contributed by atoms with Crippen LogP contribution in [0.5, 0.6) is 0 Å². The van der Waals surface area contributed by atoms with Crippen LogP contribution >= 0.6 is 0 Å². The number of alkyl halides is 1. The molecule has 0 radical (unpaired) electrons. The fourth-order valence-electron chi connectivity index (χ4n) is 3.06. The maximum atomic E-state index is 14.3. The summed E-state index contributed by atoms with van der Waals surface area (Å²) in [6.07, 6.45) is 3.52. The third kappa shape index (κ3) is 2.74. The molecule has 5 heteroatoms. The minimum atomic E-state index is -2.47. The molecular weight excluding hydrogens is 249 g/mol. The van der Waals surface area contributed by atoms with Gasteiger partial charge in [0.1, 0.15) is 6.10 Å². The largest absolute Gasteiger partial charge is 0.459 e. The highest BCUT2D eigenvalue weighted by Crippen LogP contribution is 2.34. The van der Waals surface area contributed by atoms with Crippen LogP contribution in [0.25, 0.3) is 0 Å². The molecule has 2 fully saturated rings. The van der Waals surface area contributed by atoms with Crippen molar-refractivity contribution in [3.05, 3.63) is 0 Å². The Balaban J connectivity index is 2.03. The monoisotopic (exact) mass is 271 g/mol. The molecule has 1 aliphatic carbocycles. The van der Waals surface area contributed by atoms with E-state index < -0.39 is 17.5 Å². The molecule has 1 amide bonds. The standard InChI is InChI=1S/C14H22FNO3/c1-9(2)10-5-3-4-6-11(10)19-13(18)14(15)7-8-16-12(14)17/h9-11H,3-8H2,1-2H3,(H,16,17)/t10-,11+,14+/m1/s1. The van der Waals surface area contributed by atoms with Gasteiger partial charge >= 0.3 is 5.97 Å². The van der Waals surface area contributed by atoms with Crippen molar-refractivity contribution in [1.82, 2.24) is 5.32 Å². The minimum Gasteiger partial charge on any atom is -0.459 e. The van der Waals surface area contributed by atoms with E-state index >= 15 is 0 Å². The zero-order valence-electron chi connectivity index (χ0n) is 11.6. The number of halogens is 1. The molecule has 1 N–H and O–H groups in total. The number of ether oxygens (including phenoxy) is 1. The third-order valence-corrected chi connectivity index (χ3v) is 4.31. The van der Waals surface area contributed by atoms with E-state index in [1.807, 2.05) is 0 Å². The van der Waals surface area contributed by atoms with E-state index in [4.69, 9.17) is 4.74 Å². The number of carbonyl (C=O) groups is 2. The van der Waals surface area contributed by atoms with Gasteiger partial charge in [0.25, 0.3) is 11.6 Å². The van der Waals surface area contributed by atoms with E-state index in [-0.39, 0.29) is 25.0 Å². The van der Waals surface area contributed by atoms with Crippen molar-refractivity contribution in [2.45, 2.75) is 57.7 Å². The average molecular weight is 271 g/mol. The third-order valence-electron chi connectivity index (χ3n) is 4.31. The molecule has 0 aromatic heterocycles. The summed E-state index contributed by atoms with van der Waals surface area (Å²) in [5.74, 6) is -1.19. The van der Waals surface area contributed by atoms with Crippen LogP contribution in [0.1, 0.15) is 46.0 Å². The second-order valence-corrected chi connectivity index (χ2v) is 5.94. The minimum absolute atomic E-state index is 0.121. The number of rotatable bonds is 3. The van der Waals surface area contributed by atoms with Crippen LogP contribution in [-0.2, 0) is 14.3 Å². The van der Waals surface area contributed by atoms with Crippen LogP contribution in [0, 0.1) is 11.8 Å². The molecule has 2 aliphatic rings. The van der Waals surface area contributed by atoms with Gasteiger partial charge in [-0.25, -0.2) is 9.18 Å². The molecule has 108 valence electrons. The Morgan fingerprint density at radius 1 is 1.42 bits per heavy atom. The number of esters is 1. The summed E-state index contributed by atoms with van der Waals surface area (Å²) in [5.41, 5.74) is -2.47. The van der Waals surface area contributed by atoms with Crippen LogP contribution in [0.4, 0.5) is 4.39 Å². The average Bonchev–Trinajstić information content (AvgIpc) is 2.71. The number of hydrogen-bond donors (Lipinski definition) is 1. The van der Waals surface area contributed by atoms with Gasteiger partial charge in [-0.1, -0.05) is 20.3 Å². The smallest absolute Gasteiger partial charge is 0.354 e. The Kier molecular flexibility index (Phi) is 4.11. The summed E-state index contributed by atoms with van der Waals surface area (Å²) in [6.45, 7) is 4.37. The molecular formula is C14H22FNO3. The first-order chi connectivity index (χ1) is 8.95. The molecule has 1 heterocycles. The predicted octanol–water partition coefficient (Wildman–Crippen LogP) is 1.97. The van der Waals surface area contributed by atoms with E-state index in [0.717, 1.165) is 25.7 Å². The number of nitrogens with one attached hydrogen (secondary N) is 1. The maximum absolute atomic E-state index is 14.3. The lowest BCUT2D eigenvalue weighted by atomic mass is 9.79. The van der Waals surface area contributed by atoms with Crippen molar-refractivity contribution >= 4 is 11.9 Å². The molecule has 0 aromatic rings. The molecule has 0 bridgehead atoms. The highest BCUT2D eigenvalue weighted by Gasteiger charge is 2.52. The molecule has 0 spiro atoms. The second-order valence-electron chi connectivity index (χ2n) is 5.94. The second kappa shape index (κ2) is 5.47. The number of carbonyl (C=O) groups excluding carboxylic acids is 2. The fourth-order valence-corrected chi connectivity index (χ4v) is 3.06. The number of hydrogen-bond acceptors (Lipinski definition) is 3. The maximum Gasteiger partial charge on any atom is 0.354 e. The van der Waals surface area contributed by atoms with E-state index in [1.54, 1.807) is 0 Å². The topological polar surface area (TPSA) is 55.4 Å².